The minimum Gasteiger partial charge on any atom is -0.497 e. The van der Waals surface area contributed by atoms with E-state index in [2.05, 4.69) is 44.2 Å². The number of ether oxygens (including phenoxy) is 2. The van der Waals surface area contributed by atoms with Crippen LogP contribution in [0.4, 0.5) is 5.69 Å². The largest absolute Gasteiger partial charge is 0.497 e. The van der Waals surface area contributed by atoms with Crippen molar-refractivity contribution in [3.63, 3.8) is 0 Å². The molecule has 43 heavy (non-hydrogen) atoms. The fourth-order valence-electron chi connectivity index (χ4n) is 7.16. The Hall–Kier alpha value is -3.64. The molecule has 3 unspecified atom stereocenters. The molecule has 2 aliphatic heterocycles. The zero-order valence-electron chi connectivity index (χ0n) is 25.8. The Bertz CT molecular complexity index is 1510. The second-order valence-corrected chi connectivity index (χ2v) is 12.7. The molecule has 1 fully saturated rings. The van der Waals surface area contributed by atoms with Crippen molar-refractivity contribution < 1.29 is 19.4 Å². The zero-order chi connectivity index (χ0) is 30.0. The van der Waals surface area contributed by atoms with Crippen molar-refractivity contribution in [3.8, 4) is 22.6 Å². The molecule has 6 rings (SSSR count). The highest BCUT2D eigenvalue weighted by Gasteiger charge is 2.37. The predicted molar refractivity (Wildman–Crippen MR) is 171 cm³/mol. The number of rotatable bonds is 5. The summed E-state index contributed by atoms with van der Waals surface area (Å²) < 4.78 is 11.5. The summed E-state index contributed by atoms with van der Waals surface area (Å²) in [4.78, 5) is 20.8. The molecule has 1 aliphatic carbocycles. The maximum Gasteiger partial charge on any atom is 0.226 e. The van der Waals surface area contributed by atoms with Gasteiger partial charge in [0.15, 0.2) is 0 Å². The summed E-state index contributed by atoms with van der Waals surface area (Å²) in [5.74, 6) is 1.89. The summed E-state index contributed by atoms with van der Waals surface area (Å²) in [6.07, 6.45) is 7.22. The Labute approximate surface area is 255 Å². The first-order valence-corrected chi connectivity index (χ1v) is 15.9. The fourth-order valence-corrected chi connectivity index (χ4v) is 7.16. The van der Waals surface area contributed by atoms with Crippen molar-refractivity contribution in [2.75, 3.05) is 20.3 Å². The summed E-state index contributed by atoms with van der Waals surface area (Å²) in [5, 5.41) is 11.6. The van der Waals surface area contributed by atoms with Gasteiger partial charge in [0, 0.05) is 23.7 Å². The van der Waals surface area contributed by atoms with Gasteiger partial charge in [-0.05, 0) is 117 Å². The Morgan fingerprint density at radius 2 is 1.86 bits per heavy atom. The molecule has 1 N–H and O–H groups in total. The van der Waals surface area contributed by atoms with Crippen molar-refractivity contribution in [2.45, 2.75) is 77.4 Å². The Balaban J connectivity index is 1.16. The van der Waals surface area contributed by atoms with Crippen LogP contribution in [0.2, 0.25) is 0 Å². The third kappa shape index (κ3) is 6.35. The van der Waals surface area contributed by atoms with Gasteiger partial charge in [0.25, 0.3) is 0 Å². The first-order chi connectivity index (χ1) is 20.8. The van der Waals surface area contributed by atoms with Crippen molar-refractivity contribution >= 4 is 17.3 Å². The molecule has 0 saturated heterocycles. The number of aliphatic hydroxyl groups is 1. The summed E-state index contributed by atoms with van der Waals surface area (Å²) in [6, 6.07) is 20.7. The van der Waals surface area contributed by atoms with Gasteiger partial charge in [-0.3, -0.25) is 9.79 Å². The van der Waals surface area contributed by atoms with Crippen molar-refractivity contribution in [3.05, 3.63) is 77.4 Å². The van der Waals surface area contributed by atoms with Gasteiger partial charge in [-0.25, -0.2) is 0 Å². The molecule has 0 radical (unpaired) electrons. The molecular weight excluding hydrogens is 536 g/mol. The number of aryl methyl sites for hydroxylation is 1. The molecule has 3 aliphatic rings. The molecule has 0 spiro atoms. The number of methoxy groups -OCH3 is 1. The van der Waals surface area contributed by atoms with E-state index >= 15 is 0 Å². The van der Waals surface area contributed by atoms with Gasteiger partial charge in [-0.1, -0.05) is 37.3 Å². The van der Waals surface area contributed by atoms with E-state index in [1.165, 1.54) is 11.3 Å². The molecule has 1 amide bonds. The van der Waals surface area contributed by atoms with Gasteiger partial charge in [-0.2, -0.15) is 0 Å². The van der Waals surface area contributed by atoms with Gasteiger partial charge in [0.05, 0.1) is 24.9 Å². The van der Waals surface area contributed by atoms with E-state index in [0.717, 1.165) is 78.0 Å². The number of nitrogens with zero attached hydrogens (tertiary/aromatic N) is 2. The number of hydrogen-bond donors (Lipinski definition) is 1. The summed E-state index contributed by atoms with van der Waals surface area (Å²) >= 11 is 0. The van der Waals surface area contributed by atoms with Crippen LogP contribution in [0, 0.1) is 11.8 Å². The molecule has 0 aromatic heterocycles. The van der Waals surface area contributed by atoms with Crippen LogP contribution in [-0.4, -0.2) is 41.9 Å². The average Bonchev–Trinajstić information content (AvgIpc) is 3.45. The summed E-state index contributed by atoms with van der Waals surface area (Å²) in [7, 11) is 1.65. The predicted octanol–water partition coefficient (Wildman–Crippen LogP) is 7.62. The number of benzene rings is 3. The lowest BCUT2D eigenvalue weighted by molar-refractivity contribution is -0.137. The normalized spacial score (nSPS) is 22.9. The molecule has 226 valence electrons. The Morgan fingerprint density at radius 1 is 1.02 bits per heavy atom. The maximum atomic E-state index is 13.9. The van der Waals surface area contributed by atoms with Crippen molar-refractivity contribution in [2.24, 2.45) is 16.8 Å². The third-order valence-electron chi connectivity index (χ3n) is 9.86. The van der Waals surface area contributed by atoms with E-state index in [-0.39, 0.29) is 17.7 Å². The number of fused-ring (bicyclic) bond motifs is 2. The SMILES string of the molecule is COc1cccc(C2(O)CCCC(C(C)C(=O)N3CCOc4ccc(-c5ccc6c(c5)N=C(C)CCC6)cc4C3)CC2)c1. The van der Waals surface area contributed by atoms with Crippen molar-refractivity contribution in [1.82, 2.24) is 4.90 Å². The molecule has 6 nitrogen and oxygen atoms in total. The van der Waals surface area contributed by atoms with Crippen LogP contribution < -0.4 is 9.47 Å². The lowest BCUT2D eigenvalue weighted by Crippen LogP contribution is -2.39. The minimum absolute atomic E-state index is 0.122. The first-order valence-electron chi connectivity index (χ1n) is 15.9. The topological polar surface area (TPSA) is 71.4 Å². The molecule has 2 heterocycles. The van der Waals surface area contributed by atoms with Crippen molar-refractivity contribution in [1.29, 1.82) is 0 Å². The maximum absolute atomic E-state index is 13.9. The molecule has 1 saturated carbocycles. The van der Waals surface area contributed by atoms with Gasteiger partial charge in [0.2, 0.25) is 5.91 Å². The van der Waals surface area contributed by atoms with E-state index in [1.807, 2.05) is 35.2 Å². The lowest BCUT2D eigenvalue weighted by atomic mass is 9.83. The molecule has 3 atom stereocenters. The van der Waals surface area contributed by atoms with E-state index < -0.39 is 5.60 Å². The molecule has 6 heteroatoms. The highest BCUT2D eigenvalue weighted by atomic mass is 16.5. The van der Waals surface area contributed by atoms with Crippen LogP contribution in [0.3, 0.4) is 0 Å². The lowest BCUT2D eigenvalue weighted by Gasteiger charge is -2.30. The standard InChI is InChI=1S/C37H44N2O4/c1-25-7-4-8-28-12-13-30(22-34(28)38-25)29-14-15-35-31(21-29)24-39(19-20-43-35)36(40)26(2)27-9-6-17-37(41,18-16-27)32-10-5-11-33(23-32)42-3/h5,10-15,21-23,26-27,41H,4,6-9,16-20,24H2,1-3H3. The first kappa shape index (κ1) is 29.4. The minimum atomic E-state index is -0.891. The highest BCUT2D eigenvalue weighted by molar-refractivity contribution is 5.86. The fraction of sp³-hybridized carbons (Fsp3) is 0.459. The molecule has 3 aromatic rings. The van der Waals surface area contributed by atoms with E-state index in [4.69, 9.17) is 14.5 Å². The van der Waals surface area contributed by atoms with Crippen LogP contribution in [0.25, 0.3) is 11.1 Å². The molecular formula is C37H44N2O4. The molecule has 3 aromatic carbocycles. The number of carbonyl (C=O) groups excluding carboxylic acids is 1. The quantitative estimate of drug-likeness (QED) is 0.315. The Morgan fingerprint density at radius 3 is 2.72 bits per heavy atom. The summed E-state index contributed by atoms with van der Waals surface area (Å²) in [6.45, 7) is 5.78. The average molecular weight is 581 g/mol. The number of carbonyl (C=O) groups is 1. The van der Waals surface area contributed by atoms with Crippen LogP contribution in [0.15, 0.2) is 65.7 Å². The number of amides is 1. The molecule has 0 bridgehead atoms. The zero-order valence-corrected chi connectivity index (χ0v) is 25.8. The monoisotopic (exact) mass is 580 g/mol. The number of aliphatic imine (C=N–C) groups is 1. The van der Waals surface area contributed by atoms with Crippen LogP contribution in [0.1, 0.15) is 75.5 Å². The van der Waals surface area contributed by atoms with Gasteiger partial charge < -0.3 is 19.5 Å². The van der Waals surface area contributed by atoms with Gasteiger partial charge >= 0.3 is 0 Å². The van der Waals surface area contributed by atoms with E-state index in [9.17, 15) is 9.90 Å². The van der Waals surface area contributed by atoms with Crippen LogP contribution >= 0.6 is 0 Å². The van der Waals surface area contributed by atoms with Crippen LogP contribution in [0.5, 0.6) is 11.5 Å². The number of hydrogen-bond acceptors (Lipinski definition) is 5. The second-order valence-electron chi connectivity index (χ2n) is 12.7. The van der Waals surface area contributed by atoms with Gasteiger partial charge in [0.1, 0.15) is 18.1 Å². The highest BCUT2D eigenvalue weighted by Crippen LogP contribution is 2.41. The summed E-state index contributed by atoms with van der Waals surface area (Å²) in [5.41, 5.74) is 6.88. The van der Waals surface area contributed by atoms with Crippen LogP contribution in [-0.2, 0) is 23.4 Å². The second kappa shape index (κ2) is 12.5. The smallest absolute Gasteiger partial charge is 0.226 e. The Kier molecular flexibility index (Phi) is 8.58. The van der Waals surface area contributed by atoms with E-state index in [1.54, 1.807) is 7.11 Å². The third-order valence-corrected chi connectivity index (χ3v) is 9.86. The van der Waals surface area contributed by atoms with Gasteiger partial charge in [-0.15, -0.1) is 0 Å². The van der Waals surface area contributed by atoms with E-state index in [0.29, 0.717) is 32.5 Å².